The van der Waals surface area contributed by atoms with E-state index in [-0.39, 0.29) is 17.5 Å². The molecule has 2 aromatic carbocycles. The molecule has 2 heterocycles. The fourth-order valence-electron chi connectivity index (χ4n) is 5.04. The topological polar surface area (TPSA) is 88.2 Å². The van der Waals surface area contributed by atoms with Gasteiger partial charge in [0.25, 0.3) is 11.8 Å². The number of aromatic nitrogens is 2. The highest BCUT2D eigenvalue weighted by atomic mass is 16.5. The second kappa shape index (κ2) is 10.7. The minimum atomic E-state index is -0.491. The lowest BCUT2D eigenvalue weighted by molar-refractivity contribution is -0.143. The quantitative estimate of drug-likeness (QED) is 0.236. The van der Waals surface area contributed by atoms with E-state index in [0.717, 1.165) is 36.9 Å². The van der Waals surface area contributed by atoms with Crippen LogP contribution < -0.4 is 4.74 Å². The summed E-state index contributed by atoms with van der Waals surface area (Å²) < 4.78 is 7.39. The summed E-state index contributed by atoms with van der Waals surface area (Å²) in [6.07, 6.45) is 8.76. The Balaban J connectivity index is 1.63. The molecule has 7 heteroatoms. The van der Waals surface area contributed by atoms with Crippen LogP contribution in [0, 0.1) is 11.3 Å². The van der Waals surface area contributed by atoms with E-state index in [0.29, 0.717) is 34.8 Å². The fraction of sp³-hybridized carbons (Fsp3) is 0.226. The van der Waals surface area contributed by atoms with Gasteiger partial charge in [0, 0.05) is 28.9 Å². The predicted molar refractivity (Wildman–Crippen MR) is 145 cm³/mol. The van der Waals surface area contributed by atoms with E-state index < -0.39 is 5.91 Å². The Morgan fingerprint density at radius 1 is 1.08 bits per heavy atom. The molecule has 3 aromatic rings. The molecule has 1 saturated carbocycles. The van der Waals surface area contributed by atoms with Crippen LogP contribution in [0.25, 0.3) is 23.0 Å². The van der Waals surface area contributed by atoms with Crippen LogP contribution in [0.2, 0.25) is 0 Å². The van der Waals surface area contributed by atoms with Crippen LogP contribution in [-0.4, -0.2) is 39.1 Å². The largest absolute Gasteiger partial charge is 0.490 e. The van der Waals surface area contributed by atoms with Crippen molar-refractivity contribution >= 4 is 17.9 Å². The van der Waals surface area contributed by atoms with Crippen LogP contribution in [-0.2, 0) is 9.59 Å². The first kappa shape index (κ1) is 25.0. The van der Waals surface area contributed by atoms with Crippen molar-refractivity contribution in [2.24, 2.45) is 0 Å². The highest BCUT2D eigenvalue weighted by Crippen LogP contribution is 2.35. The summed E-state index contributed by atoms with van der Waals surface area (Å²) >= 11 is 0. The average Bonchev–Trinajstić information content (AvgIpc) is 3.62. The number of para-hydroxylation sites is 1. The van der Waals surface area contributed by atoms with Gasteiger partial charge in [-0.25, -0.2) is 4.68 Å². The maximum atomic E-state index is 13.7. The SMILES string of the molecule is C=CCOc1ccc(-c2nn(-c3ccccc3)cc2/C=C2/C(=O)N(C3CCCC3)C(=O)C(C#N)=C2C)cc1. The Kier molecular flexibility index (Phi) is 7.05. The Morgan fingerprint density at radius 3 is 2.45 bits per heavy atom. The Hall–Kier alpha value is -4.70. The van der Waals surface area contributed by atoms with Crippen molar-refractivity contribution in [1.82, 2.24) is 14.7 Å². The third-order valence-electron chi connectivity index (χ3n) is 7.02. The summed E-state index contributed by atoms with van der Waals surface area (Å²) in [5.74, 6) is -0.138. The second-order valence-electron chi connectivity index (χ2n) is 9.43. The fourth-order valence-corrected chi connectivity index (χ4v) is 5.04. The average molecular weight is 505 g/mol. The van der Waals surface area contributed by atoms with E-state index in [4.69, 9.17) is 9.84 Å². The van der Waals surface area contributed by atoms with Crippen LogP contribution in [0.15, 0.2) is 90.2 Å². The molecule has 5 rings (SSSR count). The zero-order chi connectivity index (χ0) is 26.6. The Morgan fingerprint density at radius 2 is 1.79 bits per heavy atom. The van der Waals surface area contributed by atoms with Gasteiger partial charge in [-0.05, 0) is 67.8 Å². The number of ether oxygens (including phenoxy) is 1. The number of amides is 2. The molecule has 1 aliphatic carbocycles. The van der Waals surface area contributed by atoms with E-state index >= 15 is 0 Å². The van der Waals surface area contributed by atoms with Crippen molar-refractivity contribution < 1.29 is 14.3 Å². The number of hydrogen-bond donors (Lipinski definition) is 0. The molecule has 1 aromatic heterocycles. The van der Waals surface area contributed by atoms with Crippen molar-refractivity contribution in [3.63, 3.8) is 0 Å². The van der Waals surface area contributed by atoms with Crippen LogP contribution in [0.4, 0.5) is 0 Å². The molecule has 2 aliphatic rings. The maximum Gasteiger partial charge on any atom is 0.271 e. The van der Waals surface area contributed by atoms with Crippen LogP contribution >= 0.6 is 0 Å². The molecule has 0 saturated heterocycles. The highest BCUT2D eigenvalue weighted by molar-refractivity contribution is 6.20. The highest BCUT2D eigenvalue weighted by Gasteiger charge is 2.40. The van der Waals surface area contributed by atoms with Crippen LogP contribution in [0.3, 0.4) is 0 Å². The number of carbonyl (C=O) groups is 2. The van der Waals surface area contributed by atoms with Crippen LogP contribution in [0.5, 0.6) is 5.75 Å². The van der Waals surface area contributed by atoms with E-state index in [1.807, 2.05) is 66.9 Å². The molecule has 0 N–H and O–H groups in total. The molecule has 0 atom stereocenters. The lowest BCUT2D eigenvalue weighted by Gasteiger charge is -2.32. The monoisotopic (exact) mass is 504 g/mol. The smallest absolute Gasteiger partial charge is 0.271 e. The van der Waals surface area contributed by atoms with E-state index in [9.17, 15) is 14.9 Å². The summed E-state index contributed by atoms with van der Waals surface area (Å²) in [5, 5.41) is 14.7. The van der Waals surface area contributed by atoms with E-state index in [1.54, 1.807) is 23.8 Å². The van der Waals surface area contributed by atoms with E-state index in [1.165, 1.54) is 4.90 Å². The number of hydrogen-bond acceptors (Lipinski definition) is 5. The lowest BCUT2D eigenvalue weighted by atomic mass is 9.92. The third kappa shape index (κ3) is 4.69. The maximum absolute atomic E-state index is 13.7. The lowest BCUT2D eigenvalue weighted by Crippen LogP contribution is -2.47. The van der Waals surface area contributed by atoms with Crippen molar-refractivity contribution in [2.75, 3.05) is 6.61 Å². The van der Waals surface area contributed by atoms with Gasteiger partial charge in [0.2, 0.25) is 0 Å². The first-order valence-corrected chi connectivity index (χ1v) is 12.7. The van der Waals surface area contributed by atoms with Crippen molar-refractivity contribution in [1.29, 1.82) is 5.26 Å². The number of nitriles is 1. The molecule has 0 radical (unpaired) electrons. The van der Waals surface area contributed by atoms with Gasteiger partial charge in [0.05, 0.1) is 11.4 Å². The number of benzene rings is 2. The Bertz CT molecular complexity index is 1480. The summed E-state index contributed by atoms with van der Waals surface area (Å²) in [6.45, 7) is 5.75. The number of rotatable bonds is 7. The number of imide groups is 1. The van der Waals surface area contributed by atoms with Gasteiger partial charge in [-0.1, -0.05) is 43.7 Å². The predicted octanol–water partition coefficient (Wildman–Crippen LogP) is 5.64. The molecule has 190 valence electrons. The normalized spacial score (nSPS) is 17.3. The standard InChI is InChI=1S/C31H28N4O3/c1-3-17-38-26-15-13-22(14-16-26)29-23(20-34(33-29)24-9-5-4-6-10-24)18-27-21(2)28(19-32)31(37)35(30(27)36)25-11-7-8-12-25/h3-6,9-10,13-16,18,20,25H,1,7-8,11-12,17H2,2H3/b27-18+. The number of nitrogens with zero attached hydrogens (tertiary/aromatic N) is 4. The van der Waals surface area contributed by atoms with Gasteiger partial charge in [0.15, 0.2) is 0 Å². The first-order chi connectivity index (χ1) is 18.5. The summed E-state index contributed by atoms with van der Waals surface area (Å²) in [5.41, 5.74) is 3.83. The van der Waals surface area contributed by atoms with Crippen molar-refractivity contribution in [3.8, 4) is 28.8 Å². The van der Waals surface area contributed by atoms with Gasteiger partial charge < -0.3 is 4.74 Å². The molecule has 7 nitrogen and oxygen atoms in total. The van der Waals surface area contributed by atoms with Crippen molar-refractivity contribution in [2.45, 2.75) is 38.6 Å². The minimum Gasteiger partial charge on any atom is -0.490 e. The molecular formula is C31H28N4O3. The molecule has 0 bridgehead atoms. The molecule has 38 heavy (non-hydrogen) atoms. The molecule has 0 unspecified atom stereocenters. The molecule has 0 spiro atoms. The summed E-state index contributed by atoms with van der Waals surface area (Å²) in [4.78, 5) is 28.1. The second-order valence-corrected chi connectivity index (χ2v) is 9.43. The van der Waals surface area contributed by atoms with Crippen molar-refractivity contribution in [3.05, 3.63) is 95.7 Å². The van der Waals surface area contributed by atoms with Gasteiger partial charge in [0.1, 0.15) is 24.0 Å². The minimum absolute atomic E-state index is 0.0171. The van der Waals surface area contributed by atoms with Gasteiger partial charge in [-0.15, -0.1) is 0 Å². The third-order valence-corrected chi connectivity index (χ3v) is 7.02. The van der Waals surface area contributed by atoms with Gasteiger partial charge in [-0.2, -0.15) is 10.4 Å². The zero-order valence-electron chi connectivity index (χ0n) is 21.3. The Labute approximate surface area is 222 Å². The summed E-state index contributed by atoms with van der Waals surface area (Å²) in [6, 6.07) is 19.1. The van der Waals surface area contributed by atoms with Gasteiger partial charge in [-0.3, -0.25) is 14.5 Å². The first-order valence-electron chi connectivity index (χ1n) is 12.7. The molecule has 1 aliphatic heterocycles. The van der Waals surface area contributed by atoms with Crippen LogP contribution in [0.1, 0.15) is 38.2 Å². The molecule has 2 amide bonds. The molecule has 1 fully saturated rings. The summed E-state index contributed by atoms with van der Waals surface area (Å²) in [7, 11) is 0. The van der Waals surface area contributed by atoms with Gasteiger partial charge >= 0.3 is 0 Å². The van der Waals surface area contributed by atoms with E-state index in [2.05, 4.69) is 6.58 Å². The molecular weight excluding hydrogens is 476 g/mol. The number of carbonyl (C=O) groups excluding carboxylic acids is 2. The zero-order valence-corrected chi connectivity index (χ0v) is 21.3.